The van der Waals surface area contributed by atoms with Crippen molar-refractivity contribution in [3.63, 3.8) is 0 Å². The third-order valence-corrected chi connectivity index (χ3v) is 4.68. The van der Waals surface area contributed by atoms with Crippen molar-refractivity contribution in [3.05, 3.63) is 0 Å². The van der Waals surface area contributed by atoms with Gasteiger partial charge in [0, 0.05) is 6.04 Å². The highest BCUT2D eigenvalue weighted by molar-refractivity contribution is 5.95. The zero-order valence-corrected chi connectivity index (χ0v) is 12.3. The van der Waals surface area contributed by atoms with Gasteiger partial charge in [-0.2, -0.15) is 0 Å². The number of rotatable bonds is 3. The number of amides is 2. The molecule has 1 saturated carbocycles. The van der Waals surface area contributed by atoms with E-state index < -0.39 is 0 Å². The molecule has 4 nitrogen and oxygen atoms in total. The number of nitrogens with zero attached hydrogens (tertiary/aromatic N) is 1. The van der Waals surface area contributed by atoms with Crippen LogP contribution in [0.2, 0.25) is 0 Å². The second kappa shape index (κ2) is 5.93. The Morgan fingerprint density at radius 2 is 1.84 bits per heavy atom. The molecule has 1 aliphatic carbocycles. The molecule has 0 bridgehead atoms. The van der Waals surface area contributed by atoms with Gasteiger partial charge in [0.15, 0.2) is 0 Å². The largest absolute Gasteiger partial charge is 0.343 e. The van der Waals surface area contributed by atoms with E-state index in [-0.39, 0.29) is 36.4 Å². The van der Waals surface area contributed by atoms with Crippen molar-refractivity contribution in [2.24, 2.45) is 11.8 Å². The number of carbonyl (C=O) groups is 2. The quantitative estimate of drug-likeness (QED) is 0.848. The Hall–Kier alpha value is -1.06. The summed E-state index contributed by atoms with van der Waals surface area (Å²) in [5, 5.41) is 2.82. The lowest BCUT2D eigenvalue weighted by Crippen LogP contribution is -2.62. The molecule has 4 heteroatoms. The van der Waals surface area contributed by atoms with E-state index >= 15 is 0 Å². The van der Waals surface area contributed by atoms with Gasteiger partial charge < -0.3 is 10.2 Å². The smallest absolute Gasteiger partial charge is 0.246 e. The molecular formula is C15H26N2O2. The van der Waals surface area contributed by atoms with Gasteiger partial charge in [0.05, 0.1) is 6.54 Å². The SMILES string of the molecule is CCC1CCC(N2CC(=O)NC(C(C)C)C2=O)CC1. The molecule has 0 aromatic heterocycles. The summed E-state index contributed by atoms with van der Waals surface area (Å²) in [5.41, 5.74) is 0. The molecule has 1 atom stereocenters. The fourth-order valence-corrected chi connectivity index (χ4v) is 3.32. The predicted molar refractivity (Wildman–Crippen MR) is 74.5 cm³/mol. The van der Waals surface area contributed by atoms with E-state index in [1.165, 1.54) is 19.3 Å². The van der Waals surface area contributed by atoms with Gasteiger partial charge in [-0.05, 0) is 37.5 Å². The van der Waals surface area contributed by atoms with Crippen molar-refractivity contribution in [1.82, 2.24) is 10.2 Å². The van der Waals surface area contributed by atoms with Crippen LogP contribution in [0.1, 0.15) is 52.9 Å². The molecule has 1 unspecified atom stereocenters. The second-order valence-corrected chi connectivity index (χ2v) is 6.34. The molecule has 0 spiro atoms. The first-order chi connectivity index (χ1) is 9.02. The van der Waals surface area contributed by atoms with E-state index in [0.717, 1.165) is 18.8 Å². The monoisotopic (exact) mass is 266 g/mol. The second-order valence-electron chi connectivity index (χ2n) is 6.34. The molecule has 1 heterocycles. The Labute approximate surface area is 115 Å². The molecule has 1 N–H and O–H groups in total. The van der Waals surface area contributed by atoms with Crippen molar-refractivity contribution >= 4 is 11.8 Å². The number of hydrogen-bond acceptors (Lipinski definition) is 2. The number of nitrogens with one attached hydrogen (secondary N) is 1. The van der Waals surface area contributed by atoms with Crippen LogP contribution in [-0.2, 0) is 9.59 Å². The first kappa shape index (κ1) is 14.4. The van der Waals surface area contributed by atoms with Gasteiger partial charge in [-0.3, -0.25) is 9.59 Å². The zero-order chi connectivity index (χ0) is 14.0. The van der Waals surface area contributed by atoms with E-state index in [1.807, 2.05) is 18.7 Å². The minimum Gasteiger partial charge on any atom is -0.343 e. The molecular weight excluding hydrogens is 240 g/mol. The van der Waals surface area contributed by atoms with Crippen molar-refractivity contribution in [3.8, 4) is 0 Å². The molecule has 2 rings (SSSR count). The summed E-state index contributed by atoms with van der Waals surface area (Å²) in [5.74, 6) is 1.09. The highest BCUT2D eigenvalue weighted by Crippen LogP contribution is 2.30. The topological polar surface area (TPSA) is 49.4 Å². The fraction of sp³-hybridized carbons (Fsp3) is 0.867. The lowest BCUT2D eigenvalue weighted by molar-refractivity contribution is -0.148. The lowest BCUT2D eigenvalue weighted by Gasteiger charge is -2.41. The molecule has 108 valence electrons. The van der Waals surface area contributed by atoms with E-state index in [2.05, 4.69) is 12.2 Å². The minimum absolute atomic E-state index is 0.00378. The van der Waals surface area contributed by atoms with E-state index in [1.54, 1.807) is 0 Å². The Kier molecular flexibility index (Phi) is 4.48. The van der Waals surface area contributed by atoms with Crippen LogP contribution in [0.15, 0.2) is 0 Å². The Morgan fingerprint density at radius 3 is 2.37 bits per heavy atom. The summed E-state index contributed by atoms with van der Waals surface area (Å²) in [7, 11) is 0. The van der Waals surface area contributed by atoms with Gasteiger partial charge in [-0.1, -0.05) is 27.2 Å². The molecule has 2 fully saturated rings. The summed E-state index contributed by atoms with van der Waals surface area (Å²) in [6.07, 6.45) is 5.73. The zero-order valence-electron chi connectivity index (χ0n) is 12.3. The summed E-state index contributed by atoms with van der Waals surface area (Å²) < 4.78 is 0. The van der Waals surface area contributed by atoms with Gasteiger partial charge in [0.25, 0.3) is 0 Å². The molecule has 2 amide bonds. The Morgan fingerprint density at radius 1 is 1.21 bits per heavy atom. The summed E-state index contributed by atoms with van der Waals surface area (Å²) in [4.78, 5) is 26.1. The first-order valence-corrected chi connectivity index (χ1v) is 7.62. The van der Waals surface area contributed by atoms with Crippen molar-refractivity contribution < 1.29 is 9.59 Å². The van der Waals surface area contributed by atoms with Gasteiger partial charge in [-0.25, -0.2) is 0 Å². The summed E-state index contributed by atoms with van der Waals surface area (Å²) >= 11 is 0. The fourth-order valence-electron chi connectivity index (χ4n) is 3.32. The minimum atomic E-state index is -0.329. The van der Waals surface area contributed by atoms with Crippen LogP contribution in [0, 0.1) is 11.8 Å². The lowest BCUT2D eigenvalue weighted by atomic mass is 9.83. The average Bonchev–Trinajstić information content (AvgIpc) is 2.41. The highest BCUT2D eigenvalue weighted by atomic mass is 16.2. The number of piperazine rings is 1. The van der Waals surface area contributed by atoms with Crippen molar-refractivity contribution in [2.75, 3.05) is 6.54 Å². The Bertz CT molecular complexity index is 346. The third-order valence-electron chi connectivity index (χ3n) is 4.68. The number of carbonyl (C=O) groups excluding carboxylic acids is 2. The molecule has 0 aromatic carbocycles. The van der Waals surface area contributed by atoms with Crippen LogP contribution < -0.4 is 5.32 Å². The molecule has 1 saturated heterocycles. The van der Waals surface area contributed by atoms with E-state index in [0.29, 0.717) is 0 Å². The van der Waals surface area contributed by atoms with Gasteiger partial charge in [-0.15, -0.1) is 0 Å². The summed E-state index contributed by atoms with van der Waals surface area (Å²) in [6.45, 7) is 6.46. The average molecular weight is 266 g/mol. The predicted octanol–water partition coefficient (Wildman–Crippen LogP) is 1.94. The molecule has 2 aliphatic rings. The summed E-state index contributed by atoms with van der Waals surface area (Å²) in [6, 6.07) is -0.0484. The van der Waals surface area contributed by atoms with Crippen LogP contribution in [0.4, 0.5) is 0 Å². The van der Waals surface area contributed by atoms with Crippen LogP contribution in [0.5, 0.6) is 0 Å². The standard InChI is InChI=1S/C15H26N2O2/c1-4-11-5-7-12(8-6-11)17-9-13(18)16-14(10(2)3)15(17)19/h10-12,14H,4-9H2,1-3H3,(H,16,18). The molecule has 0 aromatic rings. The van der Waals surface area contributed by atoms with Crippen LogP contribution >= 0.6 is 0 Å². The van der Waals surface area contributed by atoms with Crippen molar-refractivity contribution in [2.45, 2.75) is 65.0 Å². The molecule has 19 heavy (non-hydrogen) atoms. The normalized spacial score (nSPS) is 32.6. The molecule has 1 aliphatic heterocycles. The third kappa shape index (κ3) is 3.10. The van der Waals surface area contributed by atoms with Crippen molar-refractivity contribution in [1.29, 1.82) is 0 Å². The maximum absolute atomic E-state index is 12.5. The maximum Gasteiger partial charge on any atom is 0.246 e. The molecule has 0 radical (unpaired) electrons. The van der Waals surface area contributed by atoms with Crippen LogP contribution in [0.3, 0.4) is 0 Å². The van der Waals surface area contributed by atoms with Gasteiger partial charge >= 0.3 is 0 Å². The highest BCUT2D eigenvalue weighted by Gasteiger charge is 2.38. The number of hydrogen-bond donors (Lipinski definition) is 1. The van der Waals surface area contributed by atoms with Crippen LogP contribution in [0.25, 0.3) is 0 Å². The maximum atomic E-state index is 12.5. The van der Waals surface area contributed by atoms with Crippen LogP contribution in [-0.4, -0.2) is 35.3 Å². The first-order valence-electron chi connectivity index (χ1n) is 7.62. The van der Waals surface area contributed by atoms with E-state index in [9.17, 15) is 9.59 Å². The van der Waals surface area contributed by atoms with Gasteiger partial charge in [0.2, 0.25) is 11.8 Å². The van der Waals surface area contributed by atoms with Gasteiger partial charge in [0.1, 0.15) is 6.04 Å². The van der Waals surface area contributed by atoms with E-state index in [4.69, 9.17) is 0 Å². The Balaban J connectivity index is 2.02.